The van der Waals surface area contributed by atoms with Crippen molar-refractivity contribution in [2.75, 3.05) is 4.72 Å². The van der Waals surface area contributed by atoms with E-state index in [1.165, 1.54) is 17.4 Å². The highest BCUT2D eigenvalue weighted by Gasteiger charge is 2.36. The Bertz CT molecular complexity index is 733. The van der Waals surface area contributed by atoms with Crippen molar-refractivity contribution in [3.8, 4) is 0 Å². The Kier molecular flexibility index (Phi) is 3.77. The lowest BCUT2D eigenvalue weighted by Crippen LogP contribution is -2.13. The number of anilines is 1. The Morgan fingerprint density at radius 3 is 2.40 bits per heavy atom. The second-order valence-corrected chi connectivity index (χ2v) is 7.67. The van der Waals surface area contributed by atoms with E-state index in [2.05, 4.69) is 9.36 Å². The molecule has 0 fully saturated rings. The van der Waals surface area contributed by atoms with Crippen molar-refractivity contribution < 1.29 is 21.6 Å². The topological polar surface area (TPSA) is 72.0 Å². The van der Waals surface area contributed by atoms with Crippen LogP contribution >= 0.6 is 22.9 Å². The van der Waals surface area contributed by atoms with E-state index < -0.39 is 27.2 Å². The quantitative estimate of drug-likeness (QED) is 0.930. The lowest BCUT2D eigenvalue weighted by molar-refractivity contribution is -0.144. The van der Waals surface area contributed by atoms with Crippen LogP contribution in [0.2, 0.25) is 0 Å². The van der Waals surface area contributed by atoms with Gasteiger partial charge in [0.1, 0.15) is 4.90 Å². The summed E-state index contributed by atoms with van der Waals surface area (Å²) in [5.41, 5.74) is 0. The van der Waals surface area contributed by atoms with Crippen molar-refractivity contribution in [3.63, 3.8) is 0 Å². The number of alkyl halides is 3. The van der Waals surface area contributed by atoms with Crippen molar-refractivity contribution in [2.24, 2.45) is 0 Å². The molecule has 20 heavy (non-hydrogen) atoms. The Morgan fingerprint density at radius 2 is 1.95 bits per heavy atom. The maximum atomic E-state index is 12.3. The largest absolute Gasteiger partial charge is 0.452 e. The lowest BCUT2D eigenvalue weighted by atomic mass is 10.4. The molecule has 11 heteroatoms. The van der Waals surface area contributed by atoms with Crippen molar-refractivity contribution in [1.82, 2.24) is 9.36 Å². The fraction of sp³-hybridized carbons (Fsp3) is 0.333. The molecule has 2 heterocycles. The van der Waals surface area contributed by atoms with Crippen LogP contribution in [0.1, 0.15) is 15.6 Å². The number of halogens is 3. The first-order valence-corrected chi connectivity index (χ1v) is 8.17. The zero-order chi connectivity index (χ0) is 15.1. The van der Waals surface area contributed by atoms with Gasteiger partial charge >= 0.3 is 6.18 Å². The minimum atomic E-state index is -4.70. The van der Waals surface area contributed by atoms with Crippen LogP contribution in [0.15, 0.2) is 11.0 Å². The number of nitrogens with one attached hydrogen (secondary N) is 1. The smallest absolute Gasteiger partial charge is 0.253 e. The molecule has 0 atom stereocenters. The summed E-state index contributed by atoms with van der Waals surface area (Å²) in [6, 6.07) is 1.45. The third-order valence-corrected chi connectivity index (χ3v) is 5.51. The molecule has 2 rings (SSSR count). The highest BCUT2D eigenvalue weighted by atomic mass is 32.2. The molecule has 0 amide bonds. The summed E-state index contributed by atoms with van der Waals surface area (Å²) < 4.78 is 66.2. The summed E-state index contributed by atoms with van der Waals surface area (Å²) in [5, 5.41) is -0.416. The van der Waals surface area contributed by atoms with E-state index in [1.807, 2.05) is 4.72 Å². The minimum absolute atomic E-state index is 0.0313. The van der Waals surface area contributed by atoms with Gasteiger partial charge in [-0.2, -0.15) is 22.5 Å². The molecule has 0 aliphatic carbocycles. The molecular formula is C9H8F3N3O2S3. The molecule has 5 nitrogen and oxygen atoms in total. The molecule has 1 N–H and O–H groups in total. The number of thiophene rings is 1. The van der Waals surface area contributed by atoms with Crippen LogP contribution in [0.3, 0.4) is 0 Å². The van der Waals surface area contributed by atoms with Gasteiger partial charge in [0.15, 0.2) is 0 Å². The number of hydrogen-bond acceptors (Lipinski definition) is 6. The Balaban J connectivity index is 2.29. The molecule has 0 saturated heterocycles. The number of aryl methyl sites for hydroxylation is 2. The Hall–Kier alpha value is -1.20. The summed E-state index contributed by atoms with van der Waals surface area (Å²) in [5.74, 6) is -1.36. The standard InChI is InChI=1S/C9H8F3N3O2S3/c1-4-3-6(5(2)18-4)20(16,17)15-8-13-7(14-19-8)9(10,11)12/h3H,1-2H3,(H,13,14,15). The SMILES string of the molecule is Cc1cc(S(=O)(=O)Nc2nc(C(F)(F)F)ns2)c(C)s1. The molecule has 2 aromatic heterocycles. The minimum Gasteiger partial charge on any atom is -0.253 e. The van der Waals surface area contributed by atoms with Crippen LogP contribution < -0.4 is 4.72 Å². The molecule has 0 saturated carbocycles. The van der Waals surface area contributed by atoms with E-state index in [1.54, 1.807) is 13.8 Å². The van der Waals surface area contributed by atoms with E-state index in [-0.39, 0.29) is 4.90 Å². The van der Waals surface area contributed by atoms with Crippen molar-refractivity contribution in [3.05, 3.63) is 21.6 Å². The molecule has 0 aliphatic rings. The number of nitrogens with zero attached hydrogens (tertiary/aromatic N) is 2. The maximum absolute atomic E-state index is 12.3. The highest BCUT2D eigenvalue weighted by molar-refractivity contribution is 7.93. The van der Waals surface area contributed by atoms with Gasteiger partial charge in [0.05, 0.1) is 0 Å². The first kappa shape index (κ1) is 15.2. The summed E-state index contributed by atoms with van der Waals surface area (Å²) >= 11 is 1.63. The molecule has 0 bridgehead atoms. The van der Waals surface area contributed by atoms with Gasteiger partial charge in [-0.25, -0.2) is 8.42 Å². The summed E-state index contributed by atoms with van der Waals surface area (Å²) in [4.78, 5) is 4.49. The monoisotopic (exact) mass is 343 g/mol. The molecule has 0 spiro atoms. The first-order valence-electron chi connectivity index (χ1n) is 5.10. The van der Waals surface area contributed by atoms with E-state index in [0.29, 0.717) is 16.4 Å². The highest BCUT2D eigenvalue weighted by Crippen LogP contribution is 2.31. The second-order valence-electron chi connectivity index (χ2n) is 3.80. The normalized spacial score (nSPS) is 12.7. The maximum Gasteiger partial charge on any atom is 0.452 e. The van der Waals surface area contributed by atoms with E-state index >= 15 is 0 Å². The van der Waals surface area contributed by atoms with Gasteiger partial charge < -0.3 is 0 Å². The van der Waals surface area contributed by atoms with Gasteiger partial charge in [0, 0.05) is 21.3 Å². The average molecular weight is 343 g/mol. The zero-order valence-corrected chi connectivity index (χ0v) is 12.6. The van der Waals surface area contributed by atoms with Crippen molar-refractivity contribution >= 4 is 38.0 Å². The summed E-state index contributed by atoms with van der Waals surface area (Å²) in [6.07, 6.45) is -4.70. The Labute approximate surface area is 120 Å². The van der Waals surface area contributed by atoms with Gasteiger partial charge in [0.25, 0.3) is 10.0 Å². The lowest BCUT2D eigenvalue weighted by Gasteiger charge is -2.03. The van der Waals surface area contributed by atoms with Crippen LogP contribution in [-0.2, 0) is 16.2 Å². The summed E-state index contributed by atoms with van der Waals surface area (Å²) in [7, 11) is -3.95. The van der Waals surface area contributed by atoms with Gasteiger partial charge in [-0.3, -0.25) is 4.72 Å². The van der Waals surface area contributed by atoms with Crippen LogP contribution in [0.5, 0.6) is 0 Å². The fourth-order valence-corrected chi connectivity index (χ4v) is 4.79. The predicted octanol–water partition coefficient (Wildman–Crippen LogP) is 3.04. The number of aromatic nitrogens is 2. The molecule has 0 radical (unpaired) electrons. The number of hydrogen-bond donors (Lipinski definition) is 1. The van der Waals surface area contributed by atoms with Crippen LogP contribution in [0.25, 0.3) is 0 Å². The molecular weight excluding hydrogens is 335 g/mol. The fourth-order valence-electron chi connectivity index (χ4n) is 1.42. The first-order chi connectivity index (χ1) is 9.09. The average Bonchev–Trinajstić information content (AvgIpc) is 2.84. The zero-order valence-electron chi connectivity index (χ0n) is 10.1. The number of sulfonamides is 1. The van der Waals surface area contributed by atoms with Gasteiger partial charge in [-0.15, -0.1) is 11.3 Å². The number of rotatable bonds is 3. The molecule has 110 valence electrons. The van der Waals surface area contributed by atoms with Gasteiger partial charge in [0.2, 0.25) is 11.0 Å². The molecule has 0 unspecified atom stereocenters. The summed E-state index contributed by atoms with van der Waals surface area (Å²) in [6.45, 7) is 3.36. The van der Waals surface area contributed by atoms with Crippen LogP contribution in [-0.4, -0.2) is 17.8 Å². The third kappa shape index (κ3) is 3.10. The van der Waals surface area contributed by atoms with Gasteiger partial charge in [-0.05, 0) is 19.9 Å². The Morgan fingerprint density at radius 1 is 1.30 bits per heavy atom. The van der Waals surface area contributed by atoms with E-state index in [4.69, 9.17) is 0 Å². The molecule has 0 aromatic carbocycles. The van der Waals surface area contributed by atoms with Crippen molar-refractivity contribution in [1.29, 1.82) is 0 Å². The van der Waals surface area contributed by atoms with E-state index in [9.17, 15) is 21.6 Å². The van der Waals surface area contributed by atoms with Crippen molar-refractivity contribution in [2.45, 2.75) is 24.9 Å². The predicted molar refractivity (Wildman–Crippen MR) is 69.5 cm³/mol. The molecule has 2 aromatic rings. The van der Waals surface area contributed by atoms with Crippen LogP contribution in [0.4, 0.5) is 18.3 Å². The third-order valence-electron chi connectivity index (χ3n) is 2.19. The second kappa shape index (κ2) is 4.97. The van der Waals surface area contributed by atoms with E-state index in [0.717, 1.165) is 4.88 Å². The van der Waals surface area contributed by atoms with Crippen LogP contribution in [0, 0.1) is 13.8 Å². The molecule has 0 aliphatic heterocycles. The van der Waals surface area contributed by atoms with Gasteiger partial charge in [-0.1, -0.05) is 0 Å².